The lowest BCUT2D eigenvalue weighted by atomic mass is 10.0. The van der Waals surface area contributed by atoms with E-state index in [9.17, 15) is 19.8 Å². The van der Waals surface area contributed by atoms with Crippen molar-refractivity contribution in [2.24, 2.45) is 0 Å². The predicted octanol–water partition coefficient (Wildman–Crippen LogP) is 8.19. The second kappa shape index (κ2) is 11.9. The number of benzene rings is 2. The van der Waals surface area contributed by atoms with E-state index in [-0.39, 0.29) is 0 Å². The van der Waals surface area contributed by atoms with Gasteiger partial charge in [0.25, 0.3) is 0 Å². The quantitative estimate of drug-likeness (QED) is 0.142. The van der Waals surface area contributed by atoms with Crippen molar-refractivity contribution >= 4 is 70.5 Å². The van der Waals surface area contributed by atoms with E-state index < -0.39 is 11.9 Å². The molecule has 0 unspecified atom stereocenters. The van der Waals surface area contributed by atoms with Crippen LogP contribution in [0.25, 0.3) is 80.8 Å². The molecule has 4 N–H and O–H groups in total. The first-order chi connectivity index (χ1) is 22.4. The zero-order valence-electron chi connectivity index (χ0n) is 24.3. The smallest absolute Gasteiger partial charge is 0.328 e. The molecule has 0 aliphatic carbocycles. The Labute approximate surface area is 263 Å². The van der Waals surface area contributed by atoms with Crippen LogP contribution in [0.1, 0.15) is 33.9 Å². The molecular formula is C38H26N4O4. The Morgan fingerprint density at radius 1 is 0.500 bits per heavy atom. The van der Waals surface area contributed by atoms with Crippen LogP contribution in [0.15, 0.2) is 97.1 Å². The van der Waals surface area contributed by atoms with E-state index in [0.717, 1.165) is 45.4 Å². The van der Waals surface area contributed by atoms with Gasteiger partial charge in [0.2, 0.25) is 0 Å². The number of carboxylic acids is 2. The fourth-order valence-corrected chi connectivity index (χ4v) is 5.73. The highest BCUT2D eigenvalue weighted by Crippen LogP contribution is 2.34. The van der Waals surface area contributed by atoms with E-state index in [1.807, 2.05) is 109 Å². The summed E-state index contributed by atoms with van der Waals surface area (Å²) in [4.78, 5) is 40.3. The lowest BCUT2D eigenvalue weighted by Gasteiger charge is -2.04. The van der Waals surface area contributed by atoms with Crippen molar-refractivity contribution in [1.82, 2.24) is 19.9 Å². The van der Waals surface area contributed by atoms with E-state index >= 15 is 0 Å². The minimum Gasteiger partial charge on any atom is -0.478 e. The third-order valence-corrected chi connectivity index (χ3v) is 7.75. The van der Waals surface area contributed by atoms with E-state index in [1.54, 1.807) is 12.2 Å². The number of aliphatic carboxylic acids is 2. The van der Waals surface area contributed by atoms with Gasteiger partial charge >= 0.3 is 11.9 Å². The molecule has 46 heavy (non-hydrogen) atoms. The molecule has 222 valence electrons. The van der Waals surface area contributed by atoms with E-state index in [2.05, 4.69) is 9.97 Å². The number of aromatic amines is 2. The molecule has 0 fully saturated rings. The second-order valence-electron chi connectivity index (χ2n) is 10.7. The summed E-state index contributed by atoms with van der Waals surface area (Å²) in [6.07, 6.45) is 12.9. The third kappa shape index (κ3) is 5.46. The standard InChI is InChI=1S/C38H26N4O4/c43-35(44)21-11-25-27-13-17-31(39-27)37(23-7-3-1-4-8-23)32-18-14-28(40-32)26(12-22-36(45)46)30-16-20-34(42-30)38(24-9-5-2-6-10-24)33-19-15-29(25)41-33/h1-22,39,42H,(H,43,44)(H,45,46)/b21-11+,22-12+,27-25?,28-26?,29-25?,30-26?,37-31?,37-32?,38-33?,38-34?. The van der Waals surface area contributed by atoms with E-state index in [4.69, 9.17) is 9.97 Å². The Morgan fingerprint density at radius 3 is 1.26 bits per heavy atom. The van der Waals surface area contributed by atoms with Crippen molar-refractivity contribution in [3.05, 3.63) is 131 Å². The van der Waals surface area contributed by atoms with Gasteiger partial charge in [-0.15, -0.1) is 0 Å². The summed E-state index contributed by atoms with van der Waals surface area (Å²) in [5.41, 5.74) is 10.2. The van der Waals surface area contributed by atoms with Gasteiger partial charge in [0.05, 0.1) is 22.8 Å². The minimum atomic E-state index is -1.07. The number of aromatic nitrogens is 4. The van der Waals surface area contributed by atoms with Crippen molar-refractivity contribution in [2.75, 3.05) is 0 Å². The van der Waals surface area contributed by atoms with Crippen molar-refractivity contribution in [2.45, 2.75) is 0 Å². The number of nitrogens with one attached hydrogen (secondary N) is 2. The molecule has 2 aliphatic rings. The average Bonchev–Trinajstić information content (AvgIpc) is 3.88. The molecule has 2 aromatic carbocycles. The summed E-state index contributed by atoms with van der Waals surface area (Å²) in [6.45, 7) is 0. The van der Waals surface area contributed by atoms with Crippen molar-refractivity contribution in [3.63, 3.8) is 0 Å². The second-order valence-corrected chi connectivity index (χ2v) is 10.7. The molecule has 3 aromatic heterocycles. The zero-order valence-corrected chi connectivity index (χ0v) is 24.3. The molecule has 8 nitrogen and oxygen atoms in total. The Balaban J connectivity index is 1.68. The van der Waals surface area contributed by atoms with Crippen LogP contribution in [0.4, 0.5) is 0 Å². The lowest BCUT2D eigenvalue weighted by molar-refractivity contribution is -0.132. The molecule has 0 atom stereocenters. The van der Waals surface area contributed by atoms with Gasteiger partial charge in [0.15, 0.2) is 0 Å². The van der Waals surface area contributed by atoms with E-state index in [1.165, 1.54) is 0 Å². The predicted molar refractivity (Wildman–Crippen MR) is 183 cm³/mol. The number of carboxylic acid groups (broad SMARTS) is 2. The molecule has 0 saturated carbocycles. The van der Waals surface area contributed by atoms with Crippen LogP contribution < -0.4 is 0 Å². The highest BCUT2D eigenvalue weighted by Gasteiger charge is 2.16. The molecule has 0 saturated heterocycles. The first kappa shape index (κ1) is 28.2. The molecule has 8 bridgehead atoms. The Morgan fingerprint density at radius 2 is 0.870 bits per heavy atom. The summed E-state index contributed by atoms with van der Waals surface area (Å²) in [6, 6.07) is 27.4. The summed E-state index contributed by atoms with van der Waals surface area (Å²) in [7, 11) is 0. The fraction of sp³-hybridized carbons (Fsp3) is 0. The molecule has 2 aliphatic heterocycles. The van der Waals surface area contributed by atoms with Gasteiger partial charge in [0.1, 0.15) is 0 Å². The van der Waals surface area contributed by atoms with Crippen LogP contribution >= 0.6 is 0 Å². The van der Waals surface area contributed by atoms with Gasteiger partial charge in [-0.2, -0.15) is 0 Å². The summed E-state index contributed by atoms with van der Waals surface area (Å²) in [5.74, 6) is -2.13. The SMILES string of the molecule is O=C(O)/C=C/c1c2nc(c(-c3ccccc3)c3ccc([nH]3)c(/C=C/C(=O)O)c3nc(c(-c4ccccc4)c4ccc1[nH]4)C=C3)C=C2. The van der Waals surface area contributed by atoms with Crippen LogP contribution in [0, 0.1) is 0 Å². The monoisotopic (exact) mass is 602 g/mol. The summed E-state index contributed by atoms with van der Waals surface area (Å²) >= 11 is 0. The van der Waals surface area contributed by atoms with Crippen LogP contribution in [-0.2, 0) is 9.59 Å². The zero-order chi connectivity index (χ0) is 31.6. The number of fused-ring (bicyclic) bond motifs is 8. The van der Waals surface area contributed by atoms with Gasteiger partial charge in [0, 0.05) is 56.5 Å². The van der Waals surface area contributed by atoms with Crippen molar-refractivity contribution in [3.8, 4) is 22.3 Å². The molecule has 5 aromatic rings. The number of carbonyl (C=O) groups is 2. The van der Waals surface area contributed by atoms with Gasteiger partial charge in [-0.25, -0.2) is 19.6 Å². The minimum absolute atomic E-state index is 0.597. The maximum atomic E-state index is 11.6. The van der Waals surface area contributed by atoms with Crippen molar-refractivity contribution < 1.29 is 19.8 Å². The largest absolute Gasteiger partial charge is 0.478 e. The van der Waals surface area contributed by atoms with Crippen LogP contribution in [0.3, 0.4) is 0 Å². The number of hydrogen-bond donors (Lipinski definition) is 4. The van der Waals surface area contributed by atoms with Crippen LogP contribution in [-0.4, -0.2) is 42.1 Å². The van der Waals surface area contributed by atoms with Crippen LogP contribution in [0.5, 0.6) is 0 Å². The molecular weight excluding hydrogens is 576 g/mol. The average molecular weight is 603 g/mol. The normalized spacial score (nSPS) is 12.3. The Bertz CT molecular complexity index is 2140. The highest BCUT2D eigenvalue weighted by molar-refractivity contribution is 5.98. The van der Waals surface area contributed by atoms with Gasteiger partial charge in [-0.1, -0.05) is 60.7 Å². The third-order valence-electron chi connectivity index (χ3n) is 7.75. The Hall–Kier alpha value is -6.54. The molecule has 0 radical (unpaired) electrons. The first-order valence-electron chi connectivity index (χ1n) is 14.5. The Kier molecular flexibility index (Phi) is 7.28. The molecule has 0 amide bonds. The molecule has 7 rings (SSSR count). The maximum Gasteiger partial charge on any atom is 0.328 e. The topological polar surface area (TPSA) is 132 Å². The van der Waals surface area contributed by atoms with Crippen molar-refractivity contribution in [1.29, 1.82) is 0 Å². The number of nitrogens with zero attached hydrogens (tertiary/aromatic N) is 2. The summed E-state index contributed by atoms with van der Waals surface area (Å²) in [5, 5.41) is 19.0. The highest BCUT2D eigenvalue weighted by atomic mass is 16.4. The number of rotatable bonds is 6. The fourth-order valence-electron chi connectivity index (χ4n) is 5.73. The molecule has 8 heteroatoms. The van der Waals surface area contributed by atoms with Crippen LogP contribution in [0.2, 0.25) is 0 Å². The number of H-pyrrole nitrogens is 2. The maximum absolute atomic E-state index is 11.6. The summed E-state index contributed by atoms with van der Waals surface area (Å²) < 4.78 is 0. The van der Waals surface area contributed by atoms with Gasteiger partial charge in [-0.05, 0) is 71.8 Å². The first-order valence-corrected chi connectivity index (χ1v) is 14.5. The number of hydrogen-bond acceptors (Lipinski definition) is 4. The molecule has 0 spiro atoms. The van der Waals surface area contributed by atoms with Gasteiger partial charge in [-0.3, -0.25) is 0 Å². The lowest BCUT2D eigenvalue weighted by Crippen LogP contribution is -1.90. The van der Waals surface area contributed by atoms with Gasteiger partial charge < -0.3 is 20.2 Å². The molecule has 5 heterocycles. The van der Waals surface area contributed by atoms with E-state index in [0.29, 0.717) is 44.9 Å².